The third kappa shape index (κ3) is 3.14. The van der Waals surface area contributed by atoms with Crippen molar-refractivity contribution in [2.45, 2.75) is 26.2 Å². The summed E-state index contributed by atoms with van der Waals surface area (Å²) in [5.41, 5.74) is 1.10. The van der Waals surface area contributed by atoms with Crippen LogP contribution in [-0.4, -0.2) is 6.61 Å². The number of nitriles is 1. The third-order valence-electron chi connectivity index (χ3n) is 2.05. The summed E-state index contributed by atoms with van der Waals surface area (Å²) in [6.45, 7) is 6.35. The zero-order chi connectivity index (χ0) is 11.5. The maximum Gasteiger partial charge on any atom is 0.174 e. The number of nitrogens with zero attached hydrogens (tertiary/aromatic N) is 1. The van der Waals surface area contributed by atoms with E-state index < -0.39 is 0 Å². The van der Waals surface area contributed by atoms with Crippen molar-refractivity contribution in [1.82, 2.24) is 0 Å². The van der Waals surface area contributed by atoms with Crippen molar-refractivity contribution in [3.8, 4) is 11.8 Å². The van der Waals surface area contributed by atoms with Crippen LogP contribution >= 0.6 is 11.6 Å². The Morgan fingerprint density at radius 3 is 2.53 bits per heavy atom. The van der Waals surface area contributed by atoms with Crippen LogP contribution in [0.2, 0.25) is 5.02 Å². The smallest absolute Gasteiger partial charge is 0.174 e. The molecule has 0 aliphatic rings. The van der Waals surface area contributed by atoms with Crippen LogP contribution in [0.1, 0.15) is 26.3 Å². The van der Waals surface area contributed by atoms with E-state index in [0.29, 0.717) is 10.8 Å². The van der Waals surface area contributed by atoms with Gasteiger partial charge in [0, 0.05) is 5.02 Å². The molecule has 0 fully saturated rings. The Balaban J connectivity index is 2.94. The van der Waals surface area contributed by atoms with Crippen LogP contribution in [0.15, 0.2) is 18.2 Å². The second-order valence-corrected chi connectivity index (χ2v) is 4.75. The Kier molecular flexibility index (Phi) is 3.60. The molecule has 0 atom stereocenters. The standard InChI is InChI=1S/C12H14ClNO/c1-12(2,3)10-5-4-9(8-11(10)13)15-7-6-14/h4-5,8H,7H2,1-3H3. The minimum atomic E-state index is 0.0187. The van der Waals surface area contributed by atoms with Crippen molar-refractivity contribution in [3.63, 3.8) is 0 Å². The lowest BCUT2D eigenvalue weighted by molar-refractivity contribution is 0.368. The van der Waals surface area contributed by atoms with Gasteiger partial charge in [0.05, 0.1) is 0 Å². The molecule has 0 N–H and O–H groups in total. The largest absolute Gasteiger partial charge is 0.479 e. The Morgan fingerprint density at radius 1 is 1.40 bits per heavy atom. The molecule has 0 unspecified atom stereocenters. The van der Waals surface area contributed by atoms with Crippen molar-refractivity contribution in [2.24, 2.45) is 0 Å². The van der Waals surface area contributed by atoms with Gasteiger partial charge in [0.2, 0.25) is 0 Å². The van der Waals surface area contributed by atoms with E-state index in [1.807, 2.05) is 18.2 Å². The fraction of sp³-hybridized carbons (Fsp3) is 0.417. The monoisotopic (exact) mass is 223 g/mol. The first-order valence-electron chi connectivity index (χ1n) is 4.75. The third-order valence-corrected chi connectivity index (χ3v) is 2.36. The number of ether oxygens (including phenoxy) is 1. The van der Waals surface area contributed by atoms with E-state index in [1.165, 1.54) is 0 Å². The highest BCUT2D eigenvalue weighted by Crippen LogP contribution is 2.31. The molecule has 15 heavy (non-hydrogen) atoms. The SMILES string of the molecule is CC(C)(C)c1ccc(OCC#N)cc1Cl. The minimum absolute atomic E-state index is 0.0187. The lowest BCUT2D eigenvalue weighted by Crippen LogP contribution is -2.11. The summed E-state index contributed by atoms with van der Waals surface area (Å²) in [5.74, 6) is 0.634. The summed E-state index contributed by atoms with van der Waals surface area (Å²) in [6, 6.07) is 7.44. The van der Waals surface area contributed by atoms with E-state index in [9.17, 15) is 0 Å². The molecule has 0 bridgehead atoms. The molecule has 0 saturated carbocycles. The molecule has 0 heterocycles. The number of halogens is 1. The average molecular weight is 224 g/mol. The topological polar surface area (TPSA) is 33.0 Å². The van der Waals surface area contributed by atoms with E-state index in [2.05, 4.69) is 20.8 Å². The molecule has 1 aromatic rings. The molecule has 0 saturated heterocycles. The van der Waals surface area contributed by atoms with Gasteiger partial charge in [-0.25, -0.2) is 0 Å². The highest BCUT2D eigenvalue weighted by molar-refractivity contribution is 6.31. The number of benzene rings is 1. The molecule has 0 aromatic heterocycles. The fourth-order valence-corrected chi connectivity index (χ4v) is 1.76. The van der Waals surface area contributed by atoms with Crippen LogP contribution in [0, 0.1) is 11.3 Å². The zero-order valence-corrected chi connectivity index (χ0v) is 9.93. The van der Waals surface area contributed by atoms with Crippen LogP contribution in [0.3, 0.4) is 0 Å². The number of rotatable bonds is 2. The Labute approximate surface area is 95.4 Å². The minimum Gasteiger partial charge on any atom is -0.479 e. The molecule has 0 spiro atoms. The predicted octanol–water partition coefficient (Wildman–Crippen LogP) is 3.54. The zero-order valence-electron chi connectivity index (χ0n) is 9.17. The summed E-state index contributed by atoms with van der Waals surface area (Å²) < 4.78 is 5.16. The summed E-state index contributed by atoms with van der Waals surface area (Å²) in [5, 5.41) is 9.05. The highest BCUT2D eigenvalue weighted by Gasteiger charge is 2.17. The van der Waals surface area contributed by atoms with Gasteiger partial charge in [-0.05, 0) is 23.1 Å². The van der Waals surface area contributed by atoms with E-state index in [4.69, 9.17) is 21.6 Å². The summed E-state index contributed by atoms with van der Waals surface area (Å²) in [4.78, 5) is 0. The first-order chi connectivity index (χ1) is 6.95. The second-order valence-electron chi connectivity index (χ2n) is 4.34. The predicted molar refractivity (Wildman–Crippen MR) is 61.3 cm³/mol. The molecular weight excluding hydrogens is 210 g/mol. The average Bonchev–Trinajstić information content (AvgIpc) is 2.12. The summed E-state index contributed by atoms with van der Waals surface area (Å²) >= 11 is 6.13. The normalized spacial score (nSPS) is 10.9. The van der Waals surface area contributed by atoms with E-state index in [1.54, 1.807) is 6.07 Å². The summed E-state index contributed by atoms with van der Waals surface area (Å²) in [6.07, 6.45) is 0. The van der Waals surface area contributed by atoms with Gasteiger partial charge in [0.15, 0.2) is 6.61 Å². The van der Waals surface area contributed by atoms with Gasteiger partial charge < -0.3 is 4.74 Å². The quantitative estimate of drug-likeness (QED) is 0.768. The molecule has 0 aliphatic heterocycles. The van der Waals surface area contributed by atoms with Crippen molar-refractivity contribution in [3.05, 3.63) is 28.8 Å². The van der Waals surface area contributed by atoms with E-state index >= 15 is 0 Å². The highest BCUT2D eigenvalue weighted by atomic mass is 35.5. The second kappa shape index (κ2) is 4.55. The molecular formula is C12H14ClNO. The molecule has 1 rings (SSSR count). The Hall–Kier alpha value is -1.20. The van der Waals surface area contributed by atoms with Gasteiger partial charge in [-0.3, -0.25) is 0 Å². The van der Waals surface area contributed by atoms with Crippen LogP contribution in [0.25, 0.3) is 0 Å². The molecule has 1 aromatic carbocycles. The van der Waals surface area contributed by atoms with Crippen molar-refractivity contribution in [2.75, 3.05) is 6.61 Å². The summed E-state index contributed by atoms with van der Waals surface area (Å²) in [7, 11) is 0. The van der Waals surface area contributed by atoms with Crippen LogP contribution in [0.5, 0.6) is 5.75 Å². The van der Waals surface area contributed by atoms with Gasteiger partial charge in [-0.15, -0.1) is 0 Å². The maximum absolute atomic E-state index is 8.37. The van der Waals surface area contributed by atoms with Crippen LogP contribution in [-0.2, 0) is 5.41 Å². The molecule has 0 amide bonds. The van der Waals surface area contributed by atoms with E-state index in [0.717, 1.165) is 5.56 Å². The number of hydrogen-bond acceptors (Lipinski definition) is 2. The van der Waals surface area contributed by atoms with Gasteiger partial charge in [-0.1, -0.05) is 38.4 Å². The molecule has 3 heteroatoms. The molecule has 2 nitrogen and oxygen atoms in total. The first kappa shape index (κ1) is 11.9. The van der Waals surface area contributed by atoms with Gasteiger partial charge in [-0.2, -0.15) is 5.26 Å². The van der Waals surface area contributed by atoms with E-state index in [-0.39, 0.29) is 12.0 Å². The van der Waals surface area contributed by atoms with Gasteiger partial charge >= 0.3 is 0 Å². The van der Waals surface area contributed by atoms with Crippen molar-refractivity contribution in [1.29, 1.82) is 5.26 Å². The van der Waals surface area contributed by atoms with Gasteiger partial charge in [0.1, 0.15) is 11.8 Å². The Bertz CT molecular complexity index is 388. The van der Waals surface area contributed by atoms with Crippen LogP contribution < -0.4 is 4.74 Å². The number of hydrogen-bond donors (Lipinski definition) is 0. The fourth-order valence-electron chi connectivity index (χ4n) is 1.31. The van der Waals surface area contributed by atoms with Gasteiger partial charge in [0.25, 0.3) is 0 Å². The lowest BCUT2D eigenvalue weighted by atomic mass is 9.87. The van der Waals surface area contributed by atoms with Crippen molar-refractivity contribution < 1.29 is 4.74 Å². The maximum atomic E-state index is 8.37. The molecule has 0 radical (unpaired) electrons. The molecule has 0 aliphatic carbocycles. The van der Waals surface area contributed by atoms with Crippen molar-refractivity contribution >= 4 is 11.6 Å². The molecule has 80 valence electrons. The first-order valence-corrected chi connectivity index (χ1v) is 5.12. The lowest BCUT2D eigenvalue weighted by Gasteiger charge is -2.20. The van der Waals surface area contributed by atoms with Crippen LogP contribution in [0.4, 0.5) is 0 Å². The Morgan fingerprint density at radius 2 is 2.07 bits per heavy atom.